The summed E-state index contributed by atoms with van der Waals surface area (Å²) >= 11 is 0. The van der Waals surface area contributed by atoms with Gasteiger partial charge in [0.15, 0.2) is 5.78 Å². The lowest BCUT2D eigenvalue weighted by Crippen LogP contribution is -2.37. The molecule has 0 radical (unpaired) electrons. The molecule has 1 aromatic rings. The molecule has 1 aromatic carbocycles. The summed E-state index contributed by atoms with van der Waals surface area (Å²) in [6.45, 7) is 3.79. The number of Topliss-reactive ketones (excluding diaryl/α,β-unsaturated/α-hetero) is 1. The smallest absolute Gasteiger partial charge is 0.294 e. The van der Waals surface area contributed by atoms with E-state index in [1.807, 2.05) is 13.8 Å². The standard InChI is InChI=1S/C16H19F3O/c1-10-7-8-12(9-11(10)2)15(20)13-5-3-4-6-14(13)16(17,18)19/h7-9,13-14H,3-6H2,1-2H3. The minimum atomic E-state index is -4.28. The molecular formula is C16H19F3O. The van der Waals surface area contributed by atoms with Gasteiger partial charge in [0.1, 0.15) is 0 Å². The van der Waals surface area contributed by atoms with E-state index in [9.17, 15) is 18.0 Å². The molecule has 0 aliphatic heterocycles. The molecule has 0 saturated heterocycles. The molecule has 0 amide bonds. The lowest BCUT2D eigenvalue weighted by molar-refractivity contribution is -0.190. The molecular weight excluding hydrogens is 265 g/mol. The van der Waals surface area contributed by atoms with Crippen molar-refractivity contribution < 1.29 is 18.0 Å². The Balaban J connectivity index is 2.27. The molecule has 1 aliphatic rings. The van der Waals surface area contributed by atoms with Gasteiger partial charge in [0.25, 0.3) is 0 Å². The number of rotatable bonds is 2. The summed E-state index contributed by atoms with van der Waals surface area (Å²) in [5.41, 5.74) is 2.39. The van der Waals surface area contributed by atoms with E-state index in [-0.39, 0.29) is 12.2 Å². The highest BCUT2D eigenvalue weighted by Gasteiger charge is 2.47. The van der Waals surface area contributed by atoms with Gasteiger partial charge in [0.05, 0.1) is 5.92 Å². The second-order valence-electron chi connectivity index (χ2n) is 5.70. The van der Waals surface area contributed by atoms with Crippen LogP contribution in [0.4, 0.5) is 13.2 Å². The summed E-state index contributed by atoms with van der Waals surface area (Å²) in [5.74, 6) is -2.74. The molecule has 0 bridgehead atoms. The number of ketones is 1. The number of hydrogen-bond donors (Lipinski definition) is 0. The van der Waals surface area contributed by atoms with Gasteiger partial charge in [0.2, 0.25) is 0 Å². The van der Waals surface area contributed by atoms with E-state index in [4.69, 9.17) is 0 Å². The molecule has 1 fully saturated rings. The molecule has 1 aliphatic carbocycles. The SMILES string of the molecule is Cc1ccc(C(=O)C2CCCCC2C(F)(F)F)cc1C. The van der Waals surface area contributed by atoms with Crippen molar-refractivity contribution in [1.29, 1.82) is 0 Å². The Bertz CT molecular complexity index is 505. The van der Waals surface area contributed by atoms with Gasteiger partial charge in [-0.2, -0.15) is 13.2 Å². The van der Waals surface area contributed by atoms with Crippen molar-refractivity contribution in [2.24, 2.45) is 11.8 Å². The fourth-order valence-electron chi connectivity index (χ4n) is 2.95. The Kier molecular flexibility index (Phi) is 4.21. The first-order chi connectivity index (χ1) is 9.30. The topological polar surface area (TPSA) is 17.1 Å². The molecule has 0 spiro atoms. The average Bonchev–Trinajstić information content (AvgIpc) is 2.40. The van der Waals surface area contributed by atoms with Crippen LogP contribution in [0.1, 0.15) is 47.2 Å². The highest BCUT2D eigenvalue weighted by Crippen LogP contribution is 2.42. The molecule has 0 aromatic heterocycles. The van der Waals surface area contributed by atoms with E-state index in [1.165, 1.54) is 0 Å². The average molecular weight is 284 g/mol. The lowest BCUT2D eigenvalue weighted by Gasteiger charge is -2.32. The van der Waals surface area contributed by atoms with Gasteiger partial charge in [-0.1, -0.05) is 25.0 Å². The van der Waals surface area contributed by atoms with Crippen molar-refractivity contribution in [3.63, 3.8) is 0 Å². The Morgan fingerprint density at radius 3 is 2.35 bits per heavy atom. The second kappa shape index (κ2) is 5.58. The summed E-state index contributed by atoms with van der Waals surface area (Å²) in [5, 5.41) is 0. The van der Waals surface area contributed by atoms with Crippen molar-refractivity contribution in [3.05, 3.63) is 34.9 Å². The van der Waals surface area contributed by atoms with Crippen molar-refractivity contribution in [3.8, 4) is 0 Å². The molecule has 2 atom stereocenters. The molecule has 0 N–H and O–H groups in total. The zero-order chi connectivity index (χ0) is 14.9. The van der Waals surface area contributed by atoms with Gasteiger partial charge >= 0.3 is 6.18 Å². The van der Waals surface area contributed by atoms with Gasteiger partial charge in [-0.05, 0) is 43.9 Å². The zero-order valence-corrected chi connectivity index (χ0v) is 11.8. The quantitative estimate of drug-likeness (QED) is 0.709. The van der Waals surface area contributed by atoms with E-state index in [0.717, 1.165) is 11.1 Å². The molecule has 110 valence electrons. The largest absolute Gasteiger partial charge is 0.392 e. The first-order valence-corrected chi connectivity index (χ1v) is 6.99. The molecule has 20 heavy (non-hydrogen) atoms. The first-order valence-electron chi connectivity index (χ1n) is 6.99. The normalized spacial score (nSPS) is 23.6. The van der Waals surface area contributed by atoms with Crippen LogP contribution in [0.2, 0.25) is 0 Å². The third-order valence-electron chi connectivity index (χ3n) is 4.31. The zero-order valence-electron chi connectivity index (χ0n) is 11.8. The van der Waals surface area contributed by atoms with Crippen LogP contribution in [0.25, 0.3) is 0 Å². The maximum atomic E-state index is 13.1. The number of carbonyl (C=O) groups excluding carboxylic acids is 1. The Hall–Kier alpha value is -1.32. The summed E-state index contributed by atoms with van der Waals surface area (Å²) in [6, 6.07) is 5.15. The summed E-state index contributed by atoms with van der Waals surface area (Å²) in [4.78, 5) is 12.4. The van der Waals surface area contributed by atoms with Crippen LogP contribution in [-0.4, -0.2) is 12.0 Å². The molecule has 2 unspecified atom stereocenters. The van der Waals surface area contributed by atoms with Gasteiger partial charge in [-0.25, -0.2) is 0 Å². The number of halogens is 3. The maximum absolute atomic E-state index is 13.1. The van der Waals surface area contributed by atoms with E-state index >= 15 is 0 Å². The van der Waals surface area contributed by atoms with Crippen LogP contribution < -0.4 is 0 Å². The van der Waals surface area contributed by atoms with Crippen LogP contribution in [0.15, 0.2) is 18.2 Å². The minimum absolute atomic E-state index is 0.0742. The molecule has 2 rings (SSSR count). The summed E-state index contributed by atoms with van der Waals surface area (Å²) in [6.07, 6.45) is -2.60. The van der Waals surface area contributed by atoms with Crippen molar-refractivity contribution >= 4 is 5.78 Å². The summed E-state index contributed by atoms with van der Waals surface area (Å²) < 4.78 is 39.2. The Labute approximate surface area is 117 Å². The minimum Gasteiger partial charge on any atom is -0.294 e. The Morgan fingerprint density at radius 2 is 1.75 bits per heavy atom. The fourth-order valence-corrected chi connectivity index (χ4v) is 2.95. The van der Waals surface area contributed by atoms with E-state index in [0.29, 0.717) is 24.8 Å². The second-order valence-corrected chi connectivity index (χ2v) is 5.70. The maximum Gasteiger partial charge on any atom is 0.392 e. The lowest BCUT2D eigenvalue weighted by atomic mass is 9.75. The predicted octanol–water partition coefficient (Wildman–Crippen LogP) is 4.85. The van der Waals surface area contributed by atoms with Gasteiger partial charge < -0.3 is 0 Å². The number of benzene rings is 1. The highest BCUT2D eigenvalue weighted by molar-refractivity contribution is 5.98. The summed E-state index contributed by atoms with van der Waals surface area (Å²) in [7, 11) is 0. The molecule has 4 heteroatoms. The van der Waals surface area contributed by atoms with Crippen molar-refractivity contribution in [1.82, 2.24) is 0 Å². The van der Waals surface area contributed by atoms with Crippen molar-refractivity contribution in [2.45, 2.75) is 45.7 Å². The molecule has 0 heterocycles. The van der Waals surface area contributed by atoms with Gasteiger partial charge in [0, 0.05) is 11.5 Å². The Morgan fingerprint density at radius 1 is 1.10 bits per heavy atom. The number of alkyl halides is 3. The van der Waals surface area contributed by atoms with Crippen LogP contribution >= 0.6 is 0 Å². The van der Waals surface area contributed by atoms with Crippen LogP contribution in [-0.2, 0) is 0 Å². The third kappa shape index (κ3) is 3.05. The predicted molar refractivity (Wildman–Crippen MR) is 71.7 cm³/mol. The first kappa shape index (κ1) is 15.1. The van der Waals surface area contributed by atoms with Gasteiger partial charge in [-0.15, -0.1) is 0 Å². The molecule has 1 saturated carbocycles. The van der Waals surface area contributed by atoms with E-state index in [1.54, 1.807) is 18.2 Å². The number of carbonyl (C=O) groups is 1. The monoisotopic (exact) mass is 284 g/mol. The van der Waals surface area contributed by atoms with Crippen LogP contribution in [0, 0.1) is 25.7 Å². The van der Waals surface area contributed by atoms with Crippen molar-refractivity contribution in [2.75, 3.05) is 0 Å². The van der Waals surface area contributed by atoms with Crippen LogP contribution in [0.3, 0.4) is 0 Å². The van der Waals surface area contributed by atoms with Crippen LogP contribution in [0.5, 0.6) is 0 Å². The van der Waals surface area contributed by atoms with Gasteiger partial charge in [-0.3, -0.25) is 4.79 Å². The van der Waals surface area contributed by atoms with E-state index in [2.05, 4.69) is 0 Å². The number of hydrogen-bond acceptors (Lipinski definition) is 1. The fraction of sp³-hybridized carbons (Fsp3) is 0.562. The third-order valence-corrected chi connectivity index (χ3v) is 4.31. The van der Waals surface area contributed by atoms with E-state index < -0.39 is 18.0 Å². The molecule has 1 nitrogen and oxygen atoms in total. The number of aryl methyl sites for hydroxylation is 2. The highest BCUT2D eigenvalue weighted by atomic mass is 19.4.